The van der Waals surface area contributed by atoms with Crippen molar-refractivity contribution >= 4 is 23.3 Å². The largest absolute Gasteiger partial charge is 0.478 e. The number of imidazole rings is 1. The molecule has 2 N–H and O–H groups in total. The predicted octanol–water partition coefficient (Wildman–Crippen LogP) is 3.09. The van der Waals surface area contributed by atoms with E-state index in [4.69, 9.17) is 26.2 Å². The van der Waals surface area contributed by atoms with Crippen LogP contribution in [0.5, 0.6) is 0 Å². The Balaban J connectivity index is 0.000000269. The van der Waals surface area contributed by atoms with Crippen LogP contribution < -0.4 is 0 Å². The van der Waals surface area contributed by atoms with Crippen LogP contribution in [-0.2, 0) is 21.8 Å². The van der Waals surface area contributed by atoms with Gasteiger partial charge in [-0.1, -0.05) is 29.8 Å². The lowest BCUT2D eigenvalue weighted by molar-refractivity contribution is -0.384. The number of nitro benzene ring substituents is 1. The van der Waals surface area contributed by atoms with E-state index >= 15 is 0 Å². The first-order chi connectivity index (χ1) is 15.3. The molecule has 1 aliphatic heterocycles. The molecule has 2 atom stereocenters. The topological polar surface area (TPSA) is 137 Å². The van der Waals surface area contributed by atoms with Gasteiger partial charge in [0, 0.05) is 30.1 Å². The Labute approximate surface area is 187 Å². The average molecular weight is 462 g/mol. The number of hydrogen-bond acceptors (Lipinski definition) is 7. The van der Waals surface area contributed by atoms with E-state index in [2.05, 4.69) is 4.98 Å². The Hall–Kier alpha value is -3.31. The third-order valence-corrected chi connectivity index (χ3v) is 4.92. The lowest BCUT2D eigenvalue weighted by Gasteiger charge is -2.29. The van der Waals surface area contributed by atoms with Gasteiger partial charge in [0.2, 0.25) is 5.79 Å². The van der Waals surface area contributed by atoms with Crippen molar-refractivity contribution in [1.82, 2.24) is 9.55 Å². The number of carboxylic acids is 1. The Morgan fingerprint density at radius 2 is 2.06 bits per heavy atom. The van der Waals surface area contributed by atoms with E-state index < -0.39 is 22.8 Å². The fraction of sp³-hybridized carbons (Fsp3) is 0.238. The quantitative estimate of drug-likeness (QED) is 0.422. The summed E-state index contributed by atoms with van der Waals surface area (Å²) in [7, 11) is 0. The summed E-state index contributed by atoms with van der Waals surface area (Å²) in [6.45, 7) is 0.246. The van der Waals surface area contributed by atoms with Gasteiger partial charge in [-0.3, -0.25) is 10.1 Å². The molecule has 32 heavy (non-hydrogen) atoms. The standard InChI is InChI=1S/C14H14ClN3O5.C7H6O2/c15-13-5-10(18(20)21)1-2-12(13)14(8-17-4-3-16-9-17)22-7-11(6-19)23-14;8-7(9)6-4-2-1-3-5-6/h1-5,9,11,19H,6-8H2;1-5H,(H,8,9). The van der Waals surface area contributed by atoms with Crippen LogP contribution >= 0.6 is 11.6 Å². The Bertz CT molecular complexity index is 1060. The third-order valence-electron chi connectivity index (χ3n) is 4.61. The SMILES string of the molecule is O=C(O)c1ccccc1.O=[N+]([O-])c1ccc(C2(Cn3ccnc3)OCC(CO)O2)c(Cl)c1. The Kier molecular flexibility index (Phi) is 7.54. The zero-order valence-electron chi connectivity index (χ0n) is 16.7. The van der Waals surface area contributed by atoms with Crippen LogP contribution in [0.25, 0.3) is 0 Å². The molecule has 0 spiro atoms. The van der Waals surface area contributed by atoms with Crippen molar-refractivity contribution in [2.24, 2.45) is 0 Å². The van der Waals surface area contributed by atoms with Crippen molar-refractivity contribution in [1.29, 1.82) is 0 Å². The molecule has 1 fully saturated rings. The van der Waals surface area contributed by atoms with Gasteiger partial charge in [-0.2, -0.15) is 0 Å². The van der Waals surface area contributed by atoms with Crippen molar-refractivity contribution in [3.63, 3.8) is 0 Å². The number of carbonyl (C=O) groups is 1. The average Bonchev–Trinajstić information content (AvgIpc) is 3.45. The molecular formula is C21H20ClN3O7. The van der Waals surface area contributed by atoms with Gasteiger partial charge in [-0.25, -0.2) is 9.78 Å². The number of nitro groups is 1. The minimum absolute atomic E-state index is 0.117. The molecule has 3 aromatic rings. The molecule has 0 aliphatic carbocycles. The summed E-state index contributed by atoms with van der Waals surface area (Å²) in [4.78, 5) is 24.5. The fourth-order valence-corrected chi connectivity index (χ4v) is 3.41. The first-order valence-electron chi connectivity index (χ1n) is 9.46. The second kappa shape index (κ2) is 10.3. The number of nitrogens with zero attached hydrogens (tertiary/aromatic N) is 3. The first kappa shape index (κ1) is 23.4. The molecule has 1 aromatic heterocycles. The molecule has 4 rings (SSSR count). The number of rotatable bonds is 6. The lowest BCUT2D eigenvalue weighted by atomic mass is 10.0. The van der Waals surface area contributed by atoms with Gasteiger partial charge in [-0.15, -0.1) is 0 Å². The maximum atomic E-state index is 10.9. The van der Waals surface area contributed by atoms with Crippen molar-refractivity contribution in [3.05, 3.63) is 93.5 Å². The lowest BCUT2D eigenvalue weighted by Crippen LogP contribution is -2.34. The molecule has 1 saturated heterocycles. The maximum absolute atomic E-state index is 10.9. The Morgan fingerprint density at radius 1 is 1.31 bits per heavy atom. The molecule has 0 amide bonds. The summed E-state index contributed by atoms with van der Waals surface area (Å²) in [6, 6.07) is 12.4. The third kappa shape index (κ3) is 5.48. The van der Waals surface area contributed by atoms with Crippen LogP contribution in [0.15, 0.2) is 67.3 Å². The van der Waals surface area contributed by atoms with Crippen LogP contribution in [-0.4, -0.2) is 50.0 Å². The molecule has 11 heteroatoms. The first-order valence-corrected chi connectivity index (χ1v) is 9.83. The minimum Gasteiger partial charge on any atom is -0.478 e. The van der Waals surface area contributed by atoms with Gasteiger partial charge in [0.15, 0.2) is 0 Å². The normalized spacial score (nSPS) is 19.8. The van der Waals surface area contributed by atoms with E-state index in [0.29, 0.717) is 11.1 Å². The number of carboxylic acid groups (broad SMARTS) is 1. The fourth-order valence-electron chi connectivity index (χ4n) is 3.09. The van der Waals surface area contributed by atoms with Crippen molar-refractivity contribution in [2.45, 2.75) is 18.4 Å². The number of aromatic nitrogens is 2. The van der Waals surface area contributed by atoms with E-state index in [1.54, 1.807) is 53.6 Å². The van der Waals surface area contributed by atoms with E-state index in [1.807, 2.05) is 0 Å². The molecule has 1 aliphatic rings. The number of aliphatic hydroxyl groups excluding tert-OH is 1. The molecule has 0 saturated carbocycles. The highest BCUT2D eigenvalue weighted by molar-refractivity contribution is 6.31. The van der Waals surface area contributed by atoms with Gasteiger partial charge in [0.1, 0.15) is 6.10 Å². The zero-order chi connectivity index (χ0) is 23.1. The number of ether oxygens (including phenoxy) is 2. The van der Waals surface area contributed by atoms with Crippen LogP contribution in [0.3, 0.4) is 0 Å². The Morgan fingerprint density at radius 3 is 2.56 bits per heavy atom. The van der Waals surface area contributed by atoms with E-state index in [9.17, 15) is 20.0 Å². The number of non-ortho nitro benzene ring substituents is 1. The van der Waals surface area contributed by atoms with Gasteiger partial charge < -0.3 is 24.3 Å². The monoisotopic (exact) mass is 461 g/mol. The number of aromatic carboxylic acids is 1. The molecular weight excluding hydrogens is 442 g/mol. The summed E-state index contributed by atoms with van der Waals surface area (Å²) >= 11 is 6.22. The maximum Gasteiger partial charge on any atom is 0.335 e. The highest BCUT2D eigenvalue weighted by Crippen LogP contribution is 2.40. The number of halogens is 1. The molecule has 168 valence electrons. The van der Waals surface area contributed by atoms with Gasteiger partial charge in [0.25, 0.3) is 5.69 Å². The van der Waals surface area contributed by atoms with E-state index in [-0.39, 0.29) is 30.5 Å². The van der Waals surface area contributed by atoms with Gasteiger partial charge in [0.05, 0.1) is 41.6 Å². The number of benzene rings is 2. The molecule has 2 heterocycles. The van der Waals surface area contributed by atoms with E-state index in [0.717, 1.165) is 0 Å². The zero-order valence-corrected chi connectivity index (χ0v) is 17.5. The number of aliphatic hydroxyl groups is 1. The highest BCUT2D eigenvalue weighted by atomic mass is 35.5. The number of hydrogen-bond donors (Lipinski definition) is 2. The summed E-state index contributed by atoms with van der Waals surface area (Å²) in [5.74, 6) is -2.11. The van der Waals surface area contributed by atoms with Crippen molar-refractivity contribution < 1.29 is 29.4 Å². The van der Waals surface area contributed by atoms with Crippen molar-refractivity contribution in [2.75, 3.05) is 13.2 Å². The second-order valence-electron chi connectivity index (χ2n) is 6.81. The van der Waals surface area contributed by atoms with Gasteiger partial charge >= 0.3 is 5.97 Å². The highest BCUT2D eigenvalue weighted by Gasteiger charge is 2.45. The van der Waals surface area contributed by atoms with Crippen LogP contribution in [0.4, 0.5) is 5.69 Å². The van der Waals surface area contributed by atoms with Crippen LogP contribution in [0.1, 0.15) is 15.9 Å². The molecule has 2 unspecified atom stereocenters. The molecule has 2 aromatic carbocycles. The second-order valence-corrected chi connectivity index (χ2v) is 7.22. The molecule has 10 nitrogen and oxygen atoms in total. The van der Waals surface area contributed by atoms with Crippen LogP contribution in [0.2, 0.25) is 5.02 Å². The summed E-state index contributed by atoms with van der Waals surface area (Å²) in [6.07, 6.45) is 4.45. The minimum atomic E-state index is -1.24. The summed E-state index contributed by atoms with van der Waals surface area (Å²) < 4.78 is 13.4. The van der Waals surface area contributed by atoms with Crippen LogP contribution in [0, 0.1) is 10.1 Å². The summed E-state index contributed by atoms with van der Waals surface area (Å²) in [5, 5.41) is 28.7. The summed E-state index contributed by atoms with van der Waals surface area (Å²) in [5.41, 5.74) is 0.681. The molecule has 0 bridgehead atoms. The predicted molar refractivity (Wildman–Crippen MR) is 113 cm³/mol. The molecule has 0 radical (unpaired) electrons. The van der Waals surface area contributed by atoms with E-state index in [1.165, 1.54) is 18.2 Å². The smallest absolute Gasteiger partial charge is 0.335 e. The van der Waals surface area contributed by atoms with Gasteiger partial charge in [-0.05, 0) is 18.2 Å². The van der Waals surface area contributed by atoms with Crippen molar-refractivity contribution in [3.8, 4) is 0 Å².